The second-order valence-electron chi connectivity index (χ2n) is 4.23. The first kappa shape index (κ1) is 11.6. The van der Waals surface area contributed by atoms with Gasteiger partial charge >= 0.3 is 0 Å². The molecule has 0 aromatic carbocycles. The molecule has 1 aromatic rings. The van der Waals surface area contributed by atoms with Gasteiger partial charge in [-0.05, 0) is 26.7 Å². The molecule has 1 fully saturated rings. The zero-order chi connectivity index (χ0) is 11.5. The molecule has 1 saturated heterocycles. The molecule has 88 valence electrons. The maximum atomic E-state index is 5.97. The fourth-order valence-electron chi connectivity index (χ4n) is 1.73. The summed E-state index contributed by atoms with van der Waals surface area (Å²) in [5.41, 5.74) is 0. The van der Waals surface area contributed by atoms with Crippen LogP contribution in [0.3, 0.4) is 0 Å². The Morgan fingerprint density at radius 2 is 2.31 bits per heavy atom. The molecule has 1 aromatic heterocycles. The number of nitrogens with one attached hydrogen (secondary N) is 1. The van der Waals surface area contributed by atoms with E-state index in [0.29, 0.717) is 17.0 Å². The van der Waals surface area contributed by atoms with E-state index in [1.165, 1.54) is 0 Å². The summed E-state index contributed by atoms with van der Waals surface area (Å²) in [5.74, 6) is 1.45. The first-order valence-electron chi connectivity index (χ1n) is 5.58. The van der Waals surface area contributed by atoms with E-state index in [2.05, 4.69) is 29.1 Å². The van der Waals surface area contributed by atoms with Crippen LogP contribution in [0, 0.1) is 0 Å². The minimum Gasteiger partial charge on any atom is -0.370 e. The first-order valence-corrected chi connectivity index (χ1v) is 5.95. The van der Waals surface area contributed by atoms with E-state index in [1.54, 1.807) is 6.07 Å². The molecule has 0 radical (unpaired) electrons. The molecule has 0 spiro atoms. The first-order chi connectivity index (χ1) is 7.65. The molecule has 16 heavy (non-hydrogen) atoms. The molecule has 0 aliphatic carbocycles. The van der Waals surface area contributed by atoms with Gasteiger partial charge in [-0.1, -0.05) is 11.6 Å². The molecule has 1 aliphatic heterocycles. The highest BCUT2D eigenvalue weighted by molar-refractivity contribution is 6.29. The van der Waals surface area contributed by atoms with Crippen molar-refractivity contribution in [2.75, 3.05) is 11.9 Å². The van der Waals surface area contributed by atoms with Gasteiger partial charge in [-0.15, -0.1) is 0 Å². The van der Waals surface area contributed by atoms with Crippen LogP contribution < -0.4 is 5.32 Å². The lowest BCUT2D eigenvalue weighted by Crippen LogP contribution is -2.13. The third-order valence-corrected chi connectivity index (χ3v) is 2.56. The molecule has 4 nitrogen and oxygen atoms in total. The molecule has 1 aliphatic rings. The lowest BCUT2D eigenvalue weighted by molar-refractivity contribution is 0.105. The highest BCUT2D eigenvalue weighted by Gasteiger charge is 2.21. The Balaban J connectivity index is 2.20. The van der Waals surface area contributed by atoms with Gasteiger partial charge in [0, 0.05) is 18.7 Å². The molecular formula is C11H16ClN3O. The zero-order valence-corrected chi connectivity index (χ0v) is 10.3. The fourth-order valence-corrected chi connectivity index (χ4v) is 1.92. The van der Waals surface area contributed by atoms with Gasteiger partial charge in [-0.3, -0.25) is 0 Å². The predicted octanol–water partition coefficient (Wildman–Crippen LogP) is 2.80. The maximum Gasteiger partial charge on any atom is 0.161 e. The molecule has 1 unspecified atom stereocenters. The van der Waals surface area contributed by atoms with Crippen molar-refractivity contribution >= 4 is 17.4 Å². The van der Waals surface area contributed by atoms with Crippen LogP contribution in [-0.4, -0.2) is 22.6 Å². The van der Waals surface area contributed by atoms with Crippen molar-refractivity contribution in [1.29, 1.82) is 0 Å². The average molecular weight is 242 g/mol. The van der Waals surface area contributed by atoms with Crippen LogP contribution >= 0.6 is 11.6 Å². The zero-order valence-electron chi connectivity index (χ0n) is 9.53. The molecular weight excluding hydrogens is 226 g/mol. The quantitative estimate of drug-likeness (QED) is 0.827. The van der Waals surface area contributed by atoms with Crippen LogP contribution in [0.5, 0.6) is 0 Å². The molecule has 0 saturated carbocycles. The van der Waals surface area contributed by atoms with Crippen molar-refractivity contribution in [3.05, 3.63) is 17.0 Å². The molecule has 1 N–H and O–H groups in total. The standard InChI is InChI=1S/C11H16ClN3O/c1-7(2)13-10-6-9(12)14-11(15-10)8-4-3-5-16-8/h6-8H,3-5H2,1-2H3,(H,13,14,15). The Hall–Kier alpha value is -0.870. The highest BCUT2D eigenvalue weighted by atomic mass is 35.5. The second kappa shape index (κ2) is 4.97. The number of hydrogen-bond donors (Lipinski definition) is 1. The van der Waals surface area contributed by atoms with Crippen molar-refractivity contribution in [1.82, 2.24) is 9.97 Å². The van der Waals surface area contributed by atoms with Crippen LogP contribution in [0.1, 0.15) is 38.6 Å². The van der Waals surface area contributed by atoms with E-state index in [9.17, 15) is 0 Å². The van der Waals surface area contributed by atoms with Crippen molar-refractivity contribution in [3.8, 4) is 0 Å². The summed E-state index contributed by atoms with van der Waals surface area (Å²) < 4.78 is 5.54. The van der Waals surface area contributed by atoms with E-state index in [-0.39, 0.29) is 6.10 Å². The van der Waals surface area contributed by atoms with E-state index >= 15 is 0 Å². The van der Waals surface area contributed by atoms with Crippen LogP contribution in [0.25, 0.3) is 0 Å². The van der Waals surface area contributed by atoms with E-state index in [4.69, 9.17) is 16.3 Å². The molecule has 5 heteroatoms. The normalized spacial score (nSPS) is 20.4. The van der Waals surface area contributed by atoms with E-state index in [1.807, 2.05) is 0 Å². The Kier molecular flexibility index (Phi) is 3.61. The number of rotatable bonds is 3. The summed E-state index contributed by atoms with van der Waals surface area (Å²) in [7, 11) is 0. The van der Waals surface area contributed by atoms with Gasteiger partial charge in [0.25, 0.3) is 0 Å². The van der Waals surface area contributed by atoms with Crippen molar-refractivity contribution < 1.29 is 4.74 Å². The lowest BCUT2D eigenvalue weighted by atomic mass is 10.2. The molecule has 1 atom stereocenters. The molecule has 2 heterocycles. The lowest BCUT2D eigenvalue weighted by Gasteiger charge is -2.13. The van der Waals surface area contributed by atoms with Gasteiger partial charge in [-0.2, -0.15) is 0 Å². The molecule has 2 rings (SSSR count). The SMILES string of the molecule is CC(C)Nc1cc(Cl)nc(C2CCCO2)n1. The largest absolute Gasteiger partial charge is 0.370 e. The average Bonchev–Trinajstić information content (AvgIpc) is 2.67. The number of halogens is 1. The van der Waals surface area contributed by atoms with Gasteiger partial charge in [-0.25, -0.2) is 9.97 Å². The minimum atomic E-state index is 0.00594. The van der Waals surface area contributed by atoms with Gasteiger partial charge in [0.1, 0.15) is 17.1 Å². The monoisotopic (exact) mass is 241 g/mol. The number of nitrogens with zero attached hydrogens (tertiary/aromatic N) is 2. The summed E-state index contributed by atoms with van der Waals surface area (Å²) in [6.45, 7) is 4.90. The Bertz CT molecular complexity index is 364. The third kappa shape index (κ3) is 2.83. The minimum absolute atomic E-state index is 0.00594. The van der Waals surface area contributed by atoms with Crippen molar-refractivity contribution in [3.63, 3.8) is 0 Å². The van der Waals surface area contributed by atoms with E-state index in [0.717, 1.165) is 25.3 Å². The van der Waals surface area contributed by atoms with Crippen LogP contribution in [0.15, 0.2) is 6.07 Å². The third-order valence-electron chi connectivity index (χ3n) is 2.37. The van der Waals surface area contributed by atoms with Gasteiger partial charge < -0.3 is 10.1 Å². The summed E-state index contributed by atoms with van der Waals surface area (Å²) in [4.78, 5) is 8.64. The van der Waals surface area contributed by atoms with Gasteiger partial charge in [0.2, 0.25) is 0 Å². The van der Waals surface area contributed by atoms with Crippen LogP contribution in [0.2, 0.25) is 5.15 Å². The Labute approximate surface area is 100 Å². The smallest absolute Gasteiger partial charge is 0.161 e. The highest BCUT2D eigenvalue weighted by Crippen LogP contribution is 2.27. The second-order valence-corrected chi connectivity index (χ2v) is 4.62. The predicted molar refractivity (Wildman–Crippen MR) is 63.7 cm³/mol. The summed E-state index contributed by atoms with van der Waals surface area (Å²) in [6.07, 6.45) is 2.04. The van der Waals surface area contributed by atoms with Crippen molar-refractivity contribution in [2.24, 2.45) is 0 Å². The maximum absolute atomic E-state index is 5.97. The Morgan fingerprint density at radius 1 is 1.50 bits per heavy atom. The summed E-state index contributed by atoms with van der Waals surface area (Å²) in [6, 6.07) is 2.06. The van der Waals surface area contributed by atoms with Crippen LogP contribution in [0.4, 0.5) is 5.82 Å². The summed E-state index contributed by atoms with van der Waals surface area (Å²) >= 11 is 5.97. The van der Waals surface area contributed by atoms with E-state index < -0.39 is 0 Å². The molecule has 0 bridgehead atoms. The summed E-state index contributed by atoms with van der Waals surface area (Å²) in [5, 5.41) is 3.68. The number of anilines is 1. The number of aromatic nitrogens is 2. The van der Waals surface area contributed by atoms with Crippen LogP contribution in [-0.2, 0) is 4.74 Å². The van der Waals surface area contributed by atoms with Gasteiger partial charge in [0.15, 0.2) is 5.82 Å². The topological polar surface area (TPSA) is 47.0 Å². The Morgan fingerprint density at radius 3 is 2.94 bits per heavy atom. The number of hydrogen-bond acceptors (Lipinski definition) is 4. The molecule has 0 amide bonds. The fraction of sp³-hybridized carbons (Fsp3) is 0.636. The van der Waals surface area contributed by atoms with Crippen molar-refractivity contribution in [2.45, 2.75) is 38.8 Å². The van der Waals surface area contributed by atoms with Gasteiger partial charge in [0.05, 0.1) is 0 Å². The number of ether oxygens (including phenoxy) is 1.